The zero-order valence-electron chi connectivity index (χ0n) is 14.2. The number of hydrogen-bond donors (Lipinski definition) is 1. The van der Waals surface area contributed by atoms with Crippen molar-refractivity contribution in [2.45, 2.75) is 11.8 Å². The Balaban J connectivity index is 2.65. The van der Waals surface area contributed by atoms with E-state index in [1.807, 2.05) is 0 Å². The molecule has 0 heterocycles. The van der Waals surface area contributed by atoms with Crippen molar-refractivity contribution in [2.24, 2.45) is 0 Å². The molecule has 0 aliphatic rings. The third kappa shape index (κ3) is 4.86. The summed E-state index contributed by atoms with van der Waals surface area (Å²) in [6, 6.07) is 11.6. The lowest BCUT2D eigenvalue weighted by molar-refractivity contribution is -0.139. The molecule has 26 heavy (non-hydrogen) atoms. The Morgan fingerprint density at radius 3 is 2.27 bits per heavy atom. The Bertz CT molecular complexity index is 887. The Labute approximate surface area is 152 Å². The van der Waals surface area contributed by atoms with E-state index in [-0.39, 0.29) is 23.3 Å². The number of hydrogen-bond acceptors (Lipinski definition) is 4. The SMILES string of the molecule is CC(=O)OC/C(=C(\C(=O)O)c1cccc(F)c1)c1ccc(S(C)=O)cc1. The van der Waals surface area contributed by atoms with E-state index in [0.717, 1.165) is 6.07 Å². The minimum absolute atomic E-state index is 0.155. The average Bonchev–Trinajstić information content (AvgIpc) is 2.58. The third-order valence-electron chi connectivity index (χ3n) is 3.58. The first-order valence-corrected chi connectivity index (χ1v) is 9.15. The van der Waals surface area contributed by atoms with Crippen LogP contribution < -0.4 is 0 Å². The number of carboxylic acid groups (broad SMARTS) is 1. The number of aliphatic carboxylic acids is 1. The van der Waals surface area contributed by atoms with Crippen molar-refractivity contribution in [1.29, 1.82) is 0 Å². The van der Waals surface area contributed by atoms with Gasteiger partial charge in [0, 0.05) is 34.4 Å². The van der Waals surface area contributed by atoms with Crippen LogP contribution in [0.3, 0.4) is 0 Å². The van der Waals surface area contributed by atoms with Crippen LogP contribution in [0.5, 0.6) is 0 Å². The van der Waals surface area contributed by atoms with Crippen molar-refractivity contribution in [1.82, 2.24) is 0 Å². The number of carbonyl (C=O) groups is 2. The largest absolute Gasteiger partial charge is 0.478 e. The van der Waals surface area contributed by atoms with Gasteiger partial charge in [-0.15, -0.1) is 0 Å². The van der Waals surface area contributed by atoms with Crippen LogP contribution >= 0.6 is 0 Å². The number of benzene rings is 2. The van der Waals surface area contributed by atoms with Gasteiger partial charge in [-0.25, -0.2) is 9.18 Å². The molecule has 0 spiro atoms. The van der Waals surface area contributed by atoms with Crippen LogP contribution in [0.15, 0.2) is 53.4 Å². The zero-order chi connectivity index (χ0) is 19.3. The Morgan fingerprint density at radius 1 is 1.12 bits per heavy atom. The van der Waals surface area contributed by atoms with E-state index in [1.165, 1.54) is 31.4 Å². The highest BCUT2D eigenvalue weighted by molar-refractivity contribution is 7.84. The molecule has 0 saturated carbocycles. The van der Waals surface area contributed by atoms with Gasteiger partial charge in [0.05, 0.1) is 5.57 Å². The lowest BCUT2D eigenvalue weighted by Gasteiger charge is -2.14. The number of carbonyl (C=O) groups excluding carboxylic acids is 1. The maximum atomic E-state index is 13.6. The molecule has 0 aliphatic carbocycles. The predicted octanol–water partition coefficient (Wildman–Crippen LogP) is 3.12. The van der Waals surface area contributed by atoms with Crippen molar-refractivity contribution in [3.05, 3.63) is 65.5 Å². The molecular formula is C19H17FO5S. The van der Waals surface area contributed by atoms with E-state index in [0.29, 0.717) is 10.5 Å². The molecule has 1 atom stereocenters. The van der Waals surface area contributed by atoms with Crippen molar-refractivity contribution in [2.75, 3.05) is 12.9 Å². The van der Waals surface area contributed by atoms with Crippen LogP contribution in [-0.4, -0.2) is 34.1 Å². The molecule has 0 aromatic heterocycles. The molecule has 1 N–H and O–H groups in total. The summed E-state index contributed by atoms with van der Waals surface area (Å²) in [5.41, 5.74) is 0.674. The summed E-state index contributed by atoms with van der Waals surface area (Å²) >= 11 is 0. The van der Waals surface area contributed by atoms with Crippen LogP contribution in [0.4, 0.5) is 4.39 Å². The highest BCUT2D eigenvalue weighted by Crippen LogP contribution is 2.28. The van der Waals surface area contributed by atoms with Crippen LogP contribution in [0, 0.1) is 5.82 Å². The van der Waals surface area contributed by atoms with Gasteiger partial charge in [-0.05, 0) is 35.4 Å². The minimum atomic E-state index is -1.28. The maximum absolute atomic E-state index is 13.6. The molecule has 2 rings (SSSR count). The molecule has 1 unspecified atom stereocenters. The van der Waals surface area contributed by atoms with E-state index in [9.17, 15) is 23.3 Å². The highest BCUT2D eigenvalue weighted by atomic mass is 32.2. The fraction of sp³-hybridized carbons (Fsp3) is 0.158. The van der Waals surface area contributed by atoms with Gasteiger partial charge in [-0.1, -0.05) is 24.3 Å². The normalized spacial score (nSPS) is 12.9. The Morgan fingerprint density at radius 2 is 1.77 bits per heavy atom. The van der Waals surface area contributed by atoms with Gasteiger partial charge in [0.1, 0.15) is 12.4 Å². The number of rotatable bonds is 6. The highest BCUT2D eigenvalue weighted by Gasteiger charge is 2.20. The van der Waals surface area contributed by atoms with Crippen LogP contribution in [-0.2, 0) is 25.1 Å². The van der Waals surface area contributed by atoms with Gasteiger partial charge in [0.25, 0.3) is 0 Å². The molecule has 0 radical (unpaired) electrons. The van der Waals surface area contributed by atoms with Gasteiger partial charge in [0.2, 0.25) is 0 Å². The summed E-state index contributed by atoms with van der Waals surface area (Å²) in [6.07, 6.45) is 1.53. The smallest absolute Gasteiger partial charge is 0.336 e. The molecule has 0 saturated heterocycles. The predicted molar refractivity (Wildman–Crippen MR) is 96.3 cm³/mol. The van der Waals surface area contributed by atoms with Gasteiger partial charge in [-0.2, -0.15) is 0 Å². The molecule has 2 aromatic rings. The van der Waals surface area contributed by atoms with Crippen molar-refractivity contribution >= 4 is 33.9 Å². The Hall–Kier alpha value is -2.80. The van der Waals surface area contributed by atoms with E-state index >= 15 is 0 Å². The fourth-order valence-corrected chi connectivity index (χ4v) is 2.91. The van der Waals surface area contributed by atoms with Crippen molar-refractivity contribution < 1.29 is 28.0 Å². The molecule has 0 amide bonds. The molecule has 0 fully saturated rings. The first-order chi connectivity index (χ1) is 12.3. The van der Waals surface area contributed by atoms with Crippen molar-refractivity contribution in [3.63, 3.8) is 0 Å². The van der Waals surface area contributed by atoms with Gasteiger partial charge in [0.15, 0.2) is 0 Å². The molecule has 2 aromatic carbocycles. The van der Waals surface area contributed by atoms with E-state index in [4.69, 9.17) is 4.74 Å². The second kappa shape index (κ2) is 8.53. The van der Waals surface area contributed by atoms with Crippen LogP contribution in [0.1, 0.15) is 18.1 Å². The first-order valence-electron chi connectivity index (χ1n) is 7.59. The zero-order valence-corrected chi connectivity index (χ0v) is 15.0. The second-order valence-corrected chi connectivity index (χ2v) is 6.81. The summed E-state index contributed by atoms with van der Waals surface area (Å²) in [7, 11) is -1.19. The number of ether oxygens (including phenoxy) is 1. The quantitative estimate of drug-likeness (QED) is 0.476. The summed E-state index contributed by atoms with van der Waals surface area (Å²) in [5, 5.41) is 9.69. The second-order valence-electron chi connectivity index (χ2n) is 5.43. The summed E-state index contributed by atoms with van der Waals surface area (Å²) in [5.74, 6) is -2.43. The first kappa shape index (κ1) is 19.5. The molecular weight excluding hydrogens is 359 g/mol. The molecule has 136 valence electrons. The lowest BCUT2D eigenvalue weighted by Crippen LogP contribution is -2.10. The van der Waals surface area contributed by atoms with Gasteiger partial charge >= 0.3 is 11.9 Å². The molecule has 5 nitrogen and oxygen atoms in total. The van der Waals surface area contributed by atoms with Crippen molar-refractivity contribution in [3.8, 4) is 0 Å². The monoisotopic (exact) mass is 376 g/mol. The van der Waals surface area contributed by atoms with E-state index in [2.05, 4.69) is 0 Å². The van der Waals surface area contributed by atoms with E-state index < -0.39 is 28.6 Å². The fourth-order valence-electron chi connectivity index (χ4n) is 2.39. The van der Waals surface area contributed by atoms with Gasteiger partial charge < -0.3 is 9.84 Å². The summed E-state index contributed by atoms with van der Waals surface area (Å²) in [4.78, 5) is 23.7. The third-order valence-corrected chi connectivity index (χ3v) is 4.52. The lowest BCUT2D eigenvalue weighted by atomic mass is 9.95. The summed E-state index contributed by atoms with van der Waals surface area (Å²) in [6.45, 7) is 0.922. The van der Waals surface area contributed by atoms with Gasteiger partial charge in [-0.3, -0.25) is 9.00 Å². The molecule has 0 bridgehead atoms. The van der Waals surface area contributed by atoms with Crippen LogP contribution in [0.25, 0.3) is 11.1 Å². The molecule has 0 aliphatic heterocycles. The Kier molecular flexibility index (Phi) is 6.41. The molecule has 7 heteroatoms. The average molecular weight is 376 g/mol. The summed E-state index contributed by atoms with van der Waals surface area (Å²) < 4.78 is 30.1. The minimum Gasteiger partial charge on any atom is -0.478 e. The standard InChI is InChI=1S/C19H17FO5S/c1-12(21)25-11-17(13-6-8-16(9-7-13)26(2)24)18(19(22)23)14-4-3-5-15(20)10-14/h3-10H,11H2,1-2H3,(H,22,23)/b18-17+. The van der Waals surface area contributed by atoms with E-state index in [1.54, 1.807) is 24.3 Å². The number of esters is 1. The van der Waals surface area contributed by atoms with Crippen LogP contribution in [0.2, 0.25) is 0 Å². The maximum Gasteiger partial charge on any atom is 0.336 e. The number of halogens is 1. The topological polar surface area (TPSA) is 80.7 Å². The number of carboxylic acids is 1.